The number of hydrogen-bond acceptors (Lipinski definition) is 4. The molecule has 29 heavy (non-hydrogen) atoms. The van der Waals surface area contributed by atoms with Crippen LogP contribution < -0.4 is 5.32 Å². The Morgan fingerprint density at radius 1 is 1.03 bits per heavy atom. The number of benzene rings is 1. The molecule has 1 aromatic rings. The second-order valence-electron chi connectivity index (χ2n) is 9.96. The molecule has 0 radical (unpaired) electrons. The van der Waals surface area contributed by atoms with Gasteiger partial charge in [-0.3, -0.25) is 14.6 Å². The van der Waals surface area contributed by atoms with E-state index in [-0.39, 0.29) is 18.4 Å². The third-order valence-electron chi connectivity index (χ3n) is 7.24. The van der Waals surface area contributed by atoms with Gasteiger partial charge in [-0.05, 0) is 83.1 Å². The molecule has 2 heterocycles. The quantitative estimate of drug-likeness (QED) is 0.797. The van der Waals surface area contributed by atoms with Crippen LogP contribution in [0, 0.1) is 5.92 Å². The largest absolute Gasteiger partial charge is 0.394 e. The molecule has 2 aliphatic heterocycles. The van der Waals surface area contributed by atoms with Gasteiger partial charge in [-0.1, -0.05) is 24.3 Å². The number of rotatable bonds is 5. The van der Waals surface area contributed by atoms with Gasteiger partial charge in [-0.25, -0.2) is 0 Å². The second kappa shape index (κ2) is 8.75. The molecular formula is C24H37N3O2. The zero-order chi connectivity index (χ0) is 20.4. The van der Waals surface area contributed by atoms with Gasteiger partial charge in [0.1, 0.15) is 0 Å². The van der Waals surface area contributed by atoms with Gasteiger partial charge >= 0.3 is 0 Å². The maximum absolute atomic E-state index is 12.7. The van der Waals surface area contributed by atoms with Gasteiger partial charge in [0.2, 0.25) is 5.91 Å². The monoisotopic (exact) mass is 399 g/mol. The summed E-state index contributed by atoms with van der Waals surface area (Å²) in [5.74, 6) is 0.159. The zero-order valence-corrected chi connectivity index (χ0v) is 18.1. The summed E-state index contributed by atoms with van der Waals surface area (Å²) in [6, 6.07) is 10.2. The molecule has 5 heteroatoms. The summed E-state index contributed by atoms with van der Waals surface area (Å²) in [6.45, 7) is 8.06. The van der Waals surface area contributed by atoms with Gasteiger partial charge in [0.15, 0.2) is 0 Å². The number of piperidine rings is 2. The number of carbonyl (C=O) groups excluding carboxylic acids is 1. The average Bonchev–Trinajstić information content (AvgIpc) is 3.18. The zero-order valence-electron chi connectivity index (χ0n) is 18.1. The van der Waals surface area contributed by atoms with Crippen LogP contribution in [0.2, 0.25) is 0 Å². The molecular weight excluding hydrogens is 362 g/mol. The fourth-order valence-corrected chi connectivity index (χ4v) is 5.44. The molecule has 3 aliphatic rings. The van der Waals surface area contributed by atoms with Crippen LogP contribution in [0.5, 0.6) is 0 Å². The molecule has 0 bridgehead atoms. The molecule has 0 unspecified atom stereocenters. The molecule has 0 spiro atoms. The fraction of sp³-hybridized carbons (Fsp3) is 0.708. The Kier molecular flexibility index (Phi) is 6.28. The predicted octanol–water partition coefficient (Wildman–Crippen LogP) is 2.22. The fourth-order valence-electron chi connectivity index (χ4n) is 5.44. The van der Waals surface area contributed by atoms with Crippen molar-refractivity contribution in [2.75, 3.05) is 32.8 Å². The summed E-state index contributed by atoms with van der Waals surface area (Å²) in [5.41, 5.74) is 2.54. The molecule has 0 saturated carbocycles. The van der Waals surface area contributed by atoms with Crippen LogP contribution >= 0.6 is 0 Å². The van der Waals surface area contributed by atoms with Crippen molar-refractivity contribution in [3.05, 3.63) is 35.4 Å². The Labute approximate surface area is 175 Å². The minimum atomic E-state index is -0.538. The maximum Gasteiger partial charge on any atom is 0.224 e. The lowest BCUT2D eigenvalue weighted by Crippen LogP contribution is -2.54. The minimum absolute atomic E-state index is 0.0291. The van der Waals surface area contributed by atoms with Gasteiger partial charge in [-0.2, -0.15) is 0 Å². The van der Waals surface area contributed by atoms with Crippen molar-refractivity contribution in [3.63, 3.8) is 0 Å². The van der Waals surface area contributed by atoms with E-state index in [0.717, 1.165) is 25.9 Å². The van der Waals surface area contributed by atoms with Crippen molar-refractivity contribution in [1.82, 2.24) is 15.1 Å². The standard InChI is InChI=1S/C24H37N3O2/c1-24(2,17-28)25-23(29)20-8-5-11-27(16-20)21-9-12-26(13-10-21)22-14-18-6-3-4-7-19(18)15-22/h3-4,6-7,20-22,28H,5,8-17H2,1-2H3,(H,25,29)/t20-/m0/s1. The predicted molar refractivity (Wildman–Crippen MR) is 116 cm³/mol. The van der Waals surface area contributed by atoms with Crippen molar-refractivity contribution in [3.8, 4) is 0 Å². The van der Waals surface area contributed by atoms with Gasteiger partial charge in [0, 0.05) is 18.6 Å². The number of aliphatic hydroxyl groups excluding tert-OH is 1. The van der Waals surface area contributed by atoms with Gasteiger partial charge in [0.25, 0.3) is 0 Å². The highest BCUT2D eigenvalue weighted by molar-refractivity contribution is 5.79. The van der Waals surface area contributed by atoms with Gasteiger partial charge in [-0.15, -0.1) is 0 Å². The van der Waals surface area contributed by atoms with Crippen molar-refractivity contribution in [1.29, 1.82) is 0 Å². The normalized spacial score (nSPS) is 25.1. The first-order valence-electron chi connectivity index (χ1n) is 11.4. The van der Waals surface area contributed by atoms with E-state index in [1.165, 1.54) is 49.9 Å². The highest BCUT2D eigenvalue weighted by Crippen LogP contribution is 2.30. The Bertz CT molecular complexity index is 687. The van der Waals surface area contributed by atoms with Crippen LogP contribution in [0.1, 0.15) is 50.7 Å². The number of aliphatic hydroxyl groups is 1. The Hall–Kier alpha value is -1.43. The number of nitrogens with zero attached hydrogens (tertiary/aromatic N) is 2. The summed E-state index contributed by atoms with van der Waals surface area (Å²) in [4.78, 5) is 18.0. The summed E-state index contributed by atoms with van der Waals surface area (Å²) < 4.78 is 0. The summed E-state index contributed by atoms with van der Waals surface area (Å²) in [6.07, 6.45) is 6.88. The number of amides is 1. The molecule has 4 rings (SSSR count). The first-order valence-corrected chi connectivity index (χ1v) is 11.4. The Morgan fingerprint density at radius 2 is 1.69 bits per heavy atom. The van der Waals surface area contributed by atoms with E-state index >= 15 is 0 Å². The highest BCUT2D eigenvalue weighted by atomic mass is 16.3. The van der Waals surface area contributed by atoms with Crippen molar-refractivity contribution >= 4 is 5.91 Å². The summed E-state index contributed by atoms with van der Waals surface area (Å²) >= 11 is 0. The van der Waals surface area contributed by atoms with E-state index in [4.69, 9.17) is 0 Å². The van der Waals surface area contributed by atoms with E-state index in [1.807, 2.05) is 13.8 Å². The van der Waals surface area contributed by atoms with E-state index < -0.39 is 5.54 Å². The van der Waals surface area contributed by atoms with Gasteiger partial charge < -0.3 is 10.4 Å². The molecule has 1 aliphatic carbocycles. The Morgan fingerprint density at radius 3 is 2.31 bits per heavy atom. The number of carbonyl (C=O) groups is 1. The number of nitrogens with one attached hydrogen (secondary N) is 1. The Balaban J connectivity index is 1.27. The van der Waals surface area contributed by atoms with Crippen LogP contribution in [-0.4, -0.2) is 71.2 Å². The first kappa shape index (κ1) is 20.8. The molecule has 2 fully saturated rings. The number of hydrogen-bond donors (Lipinski definition) is 2. The van der Waals surface area contributed by atoms with E-state index in [1.54, 1.807) is 0 Å². The minimum Gasteiger partial charge on any atom is -0.394 e. The molecule has 1 atom stereocenters. The highest BCUT2D eigenvalue weighted by Gasteiger charge is 2.35. The van der Waals surface area contributed by atoms with Crippen LogP contribution in [0.25, 0.3) is 0 Å². The third kappa shape index (κ3) is 4.84. The lowest BCUT2D eigenvalue weighted by Gasteiger charge is -2.43. The first-order chi connectivity index (χ1) is 13.9. The van der Waals surface area contributed by atoms with Crippen molar-refractivity contribution < 1.29 is 9.90 Å². The molecule has 1 amide bonds. The van der Waals surface area contributed by atoms with Crippen LogP contribution in [0.4, 0.5) is 0 Å². The lowest BCUT2D eigenvalue weighted by atomic mass is 9.92. The lowest BCUT2D eigenvalue weighted by molar-refractivity contribution is -0.129. The van der Waals surface area contributed by atoms with Crippen LogP contribution in [0.3, 0.4) is 0 Å². The van der Waals surface area contributed by atoms with Crippen molar-refractivity contribution in [2.45, 2.75) is 70.0 Å². The molecule has 5 nitrogen and oxygen atoms in total. The van der Waals surface area contributed by atoms with Crippen LogP contribution in [0.15, 0.2) is 24.3 Å². The molecule has 2 N–H and O–H groups in total. The van der Waals surface area contributed by atoms with Crippen LogP contribution in [-0.2, 0) is 17.6 Å². The van der Waals surface area contributed by atoms with Gasteiger partial charge in [0.05, 0.1) is 18.1 Å². The maximum atomic E-state index is 12.7. The van der Waals surface area contributed by atoms with Crippen molar-refractivity contribution in [2.24, 2.45) is 5.92 Å². The van der Waals surface area contributed by atoms with E-state index in [9.17, 15) is 9.90 Å². The second-order valence-corrected chi connectivity index (χ2v) is 9.96. The summed E-state index contributed by atoms with van der Waals surface area (Å²) in [5, 5.41) is 12.5. The molecule has 2 saturated heterocycles. The topological polar surface area (TPSA) is 55.8 Å². The third-order valence-corrected chi connectivity index (χ3v) is 7.24. The SMILES string of the molecule is CC(C)(CO)NC(=O)[C@H]1CCCN(C2CCN(C3Cc4ccccc4C3)CC2)C1. The van der Waals surface area contributed by atoms with E-state index in [0.29, 0.717) is 12.1 Å². The molecule has 160 valence electrons. The summed E-state index contributed by atoms with van der Waals surface area (Å²) in [7, 11) is 0. The average molecular weight is 400 g/mol. The number of likely N-dealkylation sites (tertiary alicyclic amines) is 2. The number of fused-ring (bicyclic) bond motifs is 1. The molecule has 0 aromatic heterocycles. The smallest absolute Gasteiger partial charge is 0.224 e. The molecule has 1 aromatic carbocycles. The van der Waals surface area contributed by atoms with E-state index in [2.05, 4.69) is 39.4 Å².